The molecule has 0 N–H and O–H groups in total. The van der Waals surface area contributed by atoms with Crippen LogP contribution in [-0.4, -0.2) is 14.5 Å². The Morgan fingerprint density at radius 3 is 2.32 bits per heavy atom. The molecule has 0 fully saturated rings. The molecule has 2 aromatic heterocycles. The number of pyridine rings is 1. The van der Waals surface area contributed by atoms with Crippen molar-refractivity contribution in [1.29, 1.82) is 5.26 Å². The first-order valence-electron chi connectivity index (χ1n) is 9.50. The summed E-state index contributed by atoms with van der Waals surface area (Å²) in [6, 6.07) is 18.2. The number of rotatable bonds is 3. The van der Waals surface area contributed by atoms with E-state index in [9.17, 15) is 5.26 Å². The fraction of sp³-hybridized carbons (Fsp3) is 0.208. The van der Waals surface area contributed by atoms with Crippen LogP contribution in [0.3, 0.4) is 0 Å². The zero-order valence-electron chi connectivity index (χ0n) is 16.6. The van der Waals surface area contributed by atoms with Gasteiger partial charge in [0.25, 0.3) is 0 Å². The molecule has 0 spiro atoms. The van der Waals surface area contributed by atoms with Gasteiger partial charge in [-0.1, -0.05) is 37.3 Å². The summed E-state index contributed by atoms with van der Waals surface area (Å²) >= 11 is 0. The Morgan fingerprint density at radius 2 is 1.64 bits per heavy atom. The van der Waals surface area contributed by atoms with Crippen LogP contribution in [0.1, 0.15) is 35.1 Å². The minimum atomic E-state index is 0.681. The molecule has 0 bridgehead atoms. The topological polar surface area (TPSA) is 54.5 Å². The molecule has 2 aromatic carbocycles. The van der Waals surface area contributed by atoms with Gasteiger partial charge in [0.1, 0.15) is 11.3 Å². The Morgan fingerprint density at radius 1 is 0.929 bits per heavy atom. The second-order valence-corrected chi connectivity index (χ2v) is 7.04. The van der Waals surface area contributed by atoms with Crippen molar-refractivity contribution in [1.82, 2.24) is 14.5 Å². The summed E-state index contributed by atoms with van der Waals surface area (Å²) in [6.07, 6.45) is 0.826. The zero-order valence-corrected chi connectivity index (χ0v) is 16.6. The van der Waals surface area contributed by atoms with E-state index >= 15 is 0 Å². The Labute approximate surface area is 165 Å². The molecule has 0 atom stereocenters. The smallest absolute Gasteiger partial charge is 0.165 e. The Balaban J connectivity index is 1.88. The molecule has 4 rings (SSSR count). The number of hydrogen-bond acceptors (Lipinski definition) is 3. The lowest BCUT2D eigenvalue weighted by atomic mass is 10.0. The van der Waals surface area contributed by atoms with E-state index in [0.717, 1.165) is 45.9 Å². The van der Waals surface area contributed by atoms with Crippen LogP contribution in [0, 0.1) is 32.1 Å². The lowest BCUT2D eigenvalue weighted by molar-refractivity contribution is 0.900. The maximum Gasteiger partial charge on any atom is 0.165 e. The highest BCUT2D eigenvalue weighted by atomic mass is 15.1. The Kier molecular flexibility index (Phi) is 4.44. The molecule has 4 nitrogen and oxygen atoms in total. The largest absolute Gasteiger partial charge is 0.281 e. The predicted molar refractivity (Wildman–Crippen MR) is 113 cm³/mol. The fourth-order valence-electron chi connectivity index (χ4n) is 3.63. The summed E-state index contributed by atoms with van der Waals surface area (Å²) in [5.41, 5.74) is 8.99. The van der Waals surface area contributed by atoms with E-state index in [4.69, 9.17) is 9.97 Å². The number of nitriles is 1. The van der Waals surface area contributed by atoms with Crippen LogP contribution in [-0.2, 0) is 6.42 Å². The minimum Gasteiger partial charge on any atom is -0.281 e. The van der Waals surface area contributed by atoms with Crippen molar-refractivity contribution in [3.63, 3.8) is 0 Å². The average Bonchev–Trinajstić information content (AvgIpc) is 3.10. The first kappa shape index (κ1) is 17.9. The van der Waals surface area contributed by atoms with Crippen molar-refractivity contribution >= 4 is 11.2 Å². The highest BCUT2D eigenvalue weighted by Crippen LogP contribution is 2.28. The van der Waals surface area contributed by atoms with Gasteiger partial charge in [-0.15, -0.1) is 0 Å². The van der Waals surface area contributed by atoms with E-state index in [2.05, 4.69) is 55.7 Å². The highest BCUT2D eigenvalue weighted by Gasteiger charge is 2.17. The number of aromatic nitrogens is 3. The van der Waals surface area contributed by atoms with Gasteiger partial charge in [-0.2, -0.15) is 5.26 Å². The number of nitrogens with zero attached hydrogens (tertiary/aromatic N) is 4. The van der Waals surface area contributed by atoms with Crippen molar-refractivity contribution < 1.29 is 0 Å². The van der Waals surface area contributed by atoms with Crippen LogP contribution in [0.4, 0.5) is 0 Å². The molecule has 0 amide bonds. The Hall–Kier alpha value is -3.45. The first-order chi connectivity index (χ1) is 13.5. The third-order valence-electron chi connectivity index (χ3n) is 5.46. The molecule has 0 aliphatic heterocycles. The highest BCUT2D eigenvalue weighted by molar-refractivity contribution is 5.80. The number of imidazole rings is 1. The molecule has 0 saturated carbocycles. The quantitative estimate of drug-likeness (QED) is 0.485. The van der Waals surface area contributed by atoms with Gasteiger partial charge in [-0.3, -0.25) is 4.57 Å². The van der Waals surface area contributed by atoms with E-state index in [1.165, 1.54) is 11.1 Å². The molecule has 138 valence electrons. The van der Waals surface area contributed by atoms with Crippen LogP contribution in [0.15, 0.2) is 48.5 Å². The van der Waals surface area contributed by atoms with Crippen LogP contribution >= 0.6 is 0 Å². The molecule has 0 saturated heterocycles. The third-order valence-corrected chi connectivity index (χ3v) is 5.46. The van der Waals surface area contributed by atoms with Gasteiger partial charge in [0.05, 0.1) is 11.6 Å². The van der Waals surface area contributed by atoms with Gasteiger partial charge in [0, 0.05) is 17.8 Å². The molecular weight excluding hydrogens is 344 g/mol. The van der Waals surface area contributed by atoms with Gasteiger partial charge >= 0.3 is 0 Å². The van der Waals surface area contributed by atoms with Crippen molar-refractivity contribution in [2.75, 3.05) is 0 Å². The van der Waals surface area contributed by atoms with Gasteiger partial charge in [0.2, 0.25) is 0 Å². The molecule has 4 aromatic rings. The van der Waals surface area contributed by atoms with Crippen LogP contribution < -0.4 is 0 Å². The van der Waals surface area contributed by atoms with Crippen molar-refractivity contribution in [2.24, 2.45) is 0 Å². The molecule has 28 heavy (non-hydrogen) atoms. The van der Waals surface area contributed by atoms with Gasteiger partial charge < -0.3 is 0 Å². The average molecular weight is 366 g/mol. The van der Waals surface area contributed by atoms with E-state index < -0.39 is 0 Å². The molecule has 0 aliphatic carbocycles. The number of hydrogen-bond donors (Lipinski definition) is 0. The zero-order chi connectivity index (χ0) is 19.8. The van der Waals surface area contributed by atoms with Crippen molar-refractivity contribution in [2.45, 2.75) is 34.1 Å². The molecule has 4 heteroatoms. The van der Waals surface area contributed by atoms with Gasteiger partial charge in [0.15, 0.2) is 5.65 Å². The van der Waals surface area contributed by atoms with Gasteiger partial charge in [-0.25, -0.2) is 9.97 Å². The van der Waals surface area contributed by atoms with Crippen LogP contribution in [0.2, 0.25) is 0 Å². The lowest BCUT2D eigenvalue weighted by Gasteiger charge is -2.11. The summed E-state index contributed by atoms with van der Waals surface area (Å²) in [5.74, 6) is 1.00. The first-order valence-corrected chi connectivity index (χ1v) is 9.50. The summed E-state index contributed by atoms with van der Waals surface area (Å²) in [4.78, 5) is 9.72. The van der Waals surface area contributed by atoms with Crippen LogP contribution in [0.5, 0.6) is 0 Å². The van der Waals surface area contributed by atoms with E-state index in [0.29, 0.717) is 5.56 Å². The lowest BCUT2D eigenvalue weighted by Crippen LogP contribution is -2.02. The molecule has 0 radical (unpaired) electrons. The number of aryl methyl sites for hydroxylation is 3. The predicted octanol–water partition coefficient (Wildman–Crippen LogP) is 5.45. The fourth-order valence-corrected chi connectivity index (χ4v) is 3.63. The summed E-state index contributed by atoms with van der Waals surface area (Å²) in [5, 5.41) is 9.37. The maximum absolute atomic E-state index is 9.37. The van der Waals surface area contributed by atoms with E-state index in [1.54, 1.807) is 0 Å². The summed E-state index contributed by atoms with van der Waals surface area (Å²) in [6.45, 7) is 8.38. The standard InChI is InChI=1S/C24H22N4/c1-5-22-27-23-16(3)15(2)17(4)26-24(23)28(22)20-12-10-18(11-13-20)21-9-7-6-8-19(21)14-25/h6-13H,5H2,1-4H3. The molecular formula is C24H22N4. The maximum atomic E-state index is 9.37. The number of fused-ring (bicyclic) bond motifs is 1. The van der Waals surface area contributed by atoms with Crippen molar-refractivity contribution in [3.8, 4) is 22.9 Å². The van der Waals surface area contributed by atoms with Crippen LogP contribution in [0.25, 0.3) is 28.0 Å². The van der Waals surface area contributed by atoms with Gasteiger partial charge in [-0.05, 0) is 61.2 Å². The third kappa shape index (κ3) is 2.76. The second-order valence-electron chi connectivity index (χ2n) is 7.04. The Bertz CT molecular complexity index is 1220. The summed E-state index contributed by atoms with van der Waals surface area (Å²) in [7, 11) is 0. The number of benzene rings is 2. The normalized spacial score (nSPS) is 11.0. The van der Waals surface area contributed by atoms with Crippen molar-refractivity contribution in [3.05, 3.63) is 76.7 Å². The SMILES string of the molecule is CCc1nc2c(C)c(C)c(C)nc2n1-c1ccc(-c2ccccc2C#N)cc1. The second kappa shape index (κ2) is 6.94. The van der Waals surface area contributed by atoms with E-state index in [1.807, 2.05) is 31.2 Å². The summed E-state index contributed by atoms with van der Waals surface area (Å²) < 4.78 is 2.15. The minimum absolute atomic E-state index is 0.681. The molecule has 2 heterocycles. The molecule has 0 aliphatic rings. The monoisotopic (exact) mass is 366 g/mol. The molecule has 0 unspecified atom stereocenters. The van der Waals surface area contributed by atoms with E-state index in [-0.39, 0.29) is 0 Å².